The molecule has 2 rings (SSSR count). The van der Waals surface area contributed by atoms with Crippen LogP contribution in [0.15, 0.2) is 30.3 Å². The van der Waals surface area contributed by atoms with Gasteiger partial charge in [-0.25, -0.2) is 0 Å². The normalized spacial score (nSPS) is 18.0. The lowest BCUT2D eigenvalue weighted by Gasteiger charge is -2.25. The average Bonchev–Trinajstić information content (AvgIpc) is 2.58. The molecule has 1 atom stereocenters. The van der Waals surface area contributed by atoms with E-state index < -0.39 is 0 Å². The lowest BCUT2D eigenvalue weighted by atomic mass is 10.1. The topological polar surface area (TPSA) is 46.6 Å². The van der Waals surface area contributed by atoms with Crippen molar-refractivity contribution >= 4 is 11.7 Å². The van der Waals surface area contributed by atoms with Crippen molar-refractivity contribution in [1.82, 2.24) is 4.90 Å². The summed E-state index contributed by atoms with van der Waals surface area (Å²) in [5.41, 5.74) is 1.09. The summed E-state index contributed by atoms with van der Waals surface area (Å²) in [6, 6.07) is 9.78. The first-order chi connectivity index (χ1) is 10.7. The Kier molecular flexibility index (Phi) is 6.59. The maximum atomic E-state index is 12.1. The van der Waals surface area contributed by atoms with Gasteiger partial charge in [0, 0.05) is 26.6 Å². The number of ketones is 1. The van der Waals surface area contributed by atoms with Gasteiger partial charge in [0.25, 0.3) is 5.91 Å². The zero-order valence-corrected chi connectivity index (χ0v) is 13.3. The summed E-state index contributed by atoms with van der Waals surface area (Å²) in [4.78, 5) is 25.6. The van der Waals surface area contributed by atoms with E-state index in [1.54, 1.807) is 7.05 Å². The van der Waals surface area contributed by atoms with Crippen molar-refractivity contribution in [2.24, 2.45) is 0 Å². The van der Waals surface area contributed by atoms with Crippen molar-refractivity contribution in [3.8, 4) is 0 Å². The number of benzene rings is 1. The quantitative estimate of drug-likeness (QED) is 0.727. The molecule has 1 aliphatic rings. The van der Waals surface area contributed by atoms with Crippen LogP contribution in [0.3, 0.4) is 0 Å². The zero-order chi connectivity index (χ0) is 15.8. The second-order valence-electron chi connectivity index (χ2n) is 5.91. The van der Waals surface area contributed by atoms with E-state index >= 15 is 0 Å². The molecular formula is C18H25NO3. The number of Topliss-reactive ketones (excluding diaryl/α,β-unsaturated/α-hetero) is 1. The molecule has 22 heavy (non-hydrogen) atoms. The highest BCUT2D eigenvalue weighted by Crippen LogP contribution is 2.15. The van der Waals surface area contributed by atoms with E-state index in [0.717, 1.165) is 31.4 Å². The molecule has 1 fully saturated rings. The third-order valence-corrected chi connectivity index (χ3v) is 4.13. The molecule has 4 nitrogen and oxygen atoms in total. The summed E-state index contributed by atoms with van der Waals surface area (Å²) in [7, 11) is 1.70. The number of aryl methyl sites for hydroxylation is 1. The van der Waals surface area contributed by atoms with Gasteiger partial charge in [0.15, 0.2) is 0 Å². The van der Waals surface area contributed by atoms with Crippen LogP contribution in [0.5, 0.6) is 0 Å². The van der Waals surface area contributed by atoms with Crippen LogP contribution < -0.4 is 0 Å². The second-order valence-corrected chi connectivity index (χ2v) is 5.91. The van der Waals surface area contributed by atoms with Crippen LogP contribution in [-0.2, 0) is 20.7 Å². The monoisotopic (exact) mass is 303 g/mol. The van der Waals surface area contributed by atoms with E-state index in [9.17, 15) is 9.59 Å². The molecule has 1 saturated heterocycles. The van der Waals surface area contributed by atoms with E-state index in [1.165, 1.54) is 11.3 Å². The van der Waals surface area contributed by atoms with Crippen molar-refractivity contribution in [3.63, 3.8) is 0 Å². The number of nitrogens with zero attached hydrogens (tertiary/aromatic N) is 1. The van der Waals surface area contributed by atoms with Crippen LogP contribution in [0.25, 0.3) is 0 Å². The molecule has 1 aromatic carbocycles. The van der Waals surface area contributed by atoms with Gasteiger partial charge in [-0.05, 0) is 37.7 Å². The molecule has 0 spiro atoms. The van der Waals surface area contributed by atoms with Gasteiger partial charge in [-0.15, -0.1) is 0 Å². The Morgan fingerprint density at radius 3 is 2.68 bits per heavy atom. The lowest BCUT2D eigenvalue weighted by molar-refractivity contribution is -0.144. The molecule has 0 N–H and O–H groups in total. The Morgan fingerprint density at radius 1 is 1.23 bits per heavy atom. The smallest absolute Gasteiger partial charge is 0.289 e. The molecule has 0 aliphatic carbocycles. The molecular weight excluding hydrogens is 278 g/mol. The molecule has 0 bridgehead atoms. The Morgan fingerprint density at radius 2 is 2.00 bits per heavy atom. The zero-order valence-electron chi connectivity index (χ0n) is 13.3. The Bertz CT molecular complexity index is 480. The highest BCUT2D eigenvalue weighted by atomic mass is 16.5. The maximum Gasteiger partial charge on any atom is 0.289 e. The molecule has 1 heterocycles. The van der Waals surface area contributed by atoms with Gasteiger partial charge in [0.1, 0.15) is 0 Å². The molecule has 0 aromatic heterocycles. The van der Waals surface area contributed by atoms with E-state index in [4.69, 9.17) is 4.74 Å². The van der Waals surface area contributed by atoms with Gasteiger partial charge >= 0.3 is 0 Å². The van der Waals surface area contributed by atoms with Crippen LogP contribution in [0.2, 0.25) is 0 Å². The fraction of sp³-hybridized carbons (Fsp3) is 0.556. The summed E-state index contributed by atoms with van der Waals surface area (Å²) in [6.07, 6.45) is 5.32. The Balaban J connectivity index is 1.71. The van der Waals surface area contributed by atoms with Gasteiger partial charge in [0.2, 0.25) is 5.78 Å². The van der Waals surface area contributed by atoms with Gasteiger partial charge in [-0.2, -0.15) is 0 Å². The van der Waals surface area contributed by atoms with Gasteiger partial charge < -0.3 is 9.64 Å². The largest absolute Gasteiger partial charge is 0.378 e. The SMILES string of the molecule is CN(CC[C@H]1CCCCO1)C(=O)C(=O)CCc1ccccc1. The van der Waals surface area contributed by atoms with Crippen molar-refractivity contribution in [2.45, 2.75) is 44.6 Å². The van der Waals surface area contributed by atoms with Crippen LogP contribution in [-0.4, -0.2) is 42.9 Å². The fourth-order valence-electron chi connectivity index (χ4n) is 2.70. The van der Waals surface area contributed by atoms with Crippen LogP contribution >= 0.6 is 0 Å². The van der Waals surface area contributed by atoms with Crippen molar-refractivity contribution in [3.05, 3.63) is 35.9 Å². The van der Waals surface area contributed by atoms with Crippen LogP contribution in [0.1, 0.15) is 37.7 Å². The number of amides is 1. The maximum absolute atomic E-state index is 12.1. The van der Waals surface area contributed by atoms with Crippen molar-refractivity contribution in [2.75, 3.05) is 20.2 Å². The Hall–Kier alpha value is -1.68. The van der Waals surface area contributed by atoms with Gasteiger partial charge in [-0.3, -0.25) is 9.59 Å². The van der Waals surface area contributed by atoms with E-state index in [2.05, 4.69) is 0 Å². The third-order valence-electron chi connectivity index (χ3n) is 4.13. The number of carbonyl (C=O) groups is 2. The number of likely N-dealkylation sites (N-methyl/N-ethyl adjacent to an activating group) is 1. The summed E-state index contributed by atoms with van der Waals surface area (Å²) < 4.78 is 5.65. The molecule has 0 saturated carbocycles. The predicted molar refractivity (Wildman–Crippen MR) is 85.6 cm³/mol. The van der Waals surface area contributed by atoms with E-state index in [-0.39, 0.29) is 24.2 Å². The lowest BCUT2D eigenvalue weighted by Crippen LogP contribution is -2.36. The number of rotatable bonds is 7. The Labute approximate surface area is 132 Å². The molecule has 0 radical (unpaired) electrons. The third kappa shape index (κ3) is 5.26. The number of hydrogen-bond donors (Lipinski definition) is 0. The van der Waals surface area contributed by atoms with Gasteiger partial charge in [0.05, 0.1) is 6.10 Å². The first-order valence-electron chi connectivity index (χ1n) is 8.10. The van der Waals surface area contributed by atoms with Crippen molar-refractivity contribution in [1.29, 1.82) is 0 Å². The molecule has 1 aliphatic heterocycles. The minimum atomic E-state index is -0.383. The molecule has 1 amide bonds. The highest BCUT2D eigenvalue weighted by Gasteiger charge is 2.20. The van der Waals surface area contributed by atoms with Crippen LogP contribution in [0.4, 0.5) is 0 Å². The van der Waals surface area contributed by atoms with Crippen LogP contribution in [0, 0.1) is 0 Å². The fourth-order valence-corrected chi connectivity index (χ4v) is 2.70. The summed E-state index contributed by atoms with van der Waals surface area (Å²) in [6.45, 7) is 1.40. The second kappa shape index (κ2) is 8.69. The predicted octanol–water partition coefficient (Wildman–Crippen LogP) is 2.61. The van der Waals surface area contributed by atoms with Crippen molar-refractivity contribution < 1.29 is 14.3 Å². The van der Waals surface area contributed by atoms with E-state index in [0.29, 0.717) is 13.0 Å². The first-order valence-corrected chi connectivity index (χ1v) is 8.10. The molecule has 120 valence electrons. The molecule has 4 heteroatoms. The number of ether oxygens (including phenoxy) is 1. The summed E-state index contributed by atoms with van der Waals surface area (Å²) in [5.74, 6) is -0.692. The number of hydrogen-bond acceptors (Lipinski definition) is 3. The standard InChI is InChI=1S/C18H25NO3/c1-19(13-12-16-9-5-6-14-22-16)18(21)17(20)11-10-15-7-3-2-4-8-15/h2-4,7-8,16H,5-6,9-14H2,1H3/t16-/m1/s1. The van der Waals surface area contributed by atoms with Gasteiger partial charge in [-0.1, -0.05) is 30.3 Å². The summed E-state index contributed by atoms with van der Waals surface area (Å²) in [5, 5.41) is 0. The minimum absolute atomic E-state index is 0.239. The summed E-state index contributed by atoms with van der Waals surface area (Å²) >= 11 is 0. The minimum Gasteiger partial charge on any atom is -0.378 e. The first kappa shape index (κ1) is 16.7. The highest BCUT2D eigenvalue weighted by molar-refractivity contribution is 6.36. The molecule has 0 unspecified atom stereocenters. The average molecular weight is 303 g/mol. The van der Waals surface area contributed by atoms with E-state index in [1.807, 2.05) is 30.3 Å². The number of carbonyl (C=O) groups excluding carboxylic acids is 2. The molecule has 1 aromatic rings.